The summed E-state index contributed by atoms with van der Waals surface area (Å²) in [5.41, 5.74) is 0. The minimum Gasteiger partial charge on any atom is -0.497 e. The molecule has 27 heavy (non-hydrogen) atoms. The van der Waals surface area contributed by atoms with Crippen molar-refractivity contribution in [2.75, 3.05) is 41.0 Å². The van der Waals surface area contributed by atoms with E-state index in [0.717, 1.165) is 0 Å². The Bertz CT molecular complexity index is 898. The average Bonchev–Trinajstić information content (AvgIpc) is 3.28. The Labute approximate surface area is 158 Å². The van der Waals surface area contributed by atoms with Gasteiger partial charge in [0.2, 0.25) is 21.8 Å². The van der Waals surface area contributed by atoms with E-state index < -0.39 is 10.0 Å². The summed E-state index contributed by atoms with van der Waals surface area (Å²) in [7, 11) is 0.681. The minimum absolute atomic E-state index is 0.0582. The number of methoxy groups -OCH3 is 3. The Morgan fingerprint density at radius 1 is 1.19 bits per heavy atom. The second-order valence-corrected chi connectivity index (χ2v) is 8.23. The van der Waals surface area contributed by atoms with Gasteiger partial charge in [0.25, 0.3) is 0 Å². The highest BCUT2D eigenvalue weighted by Crippen LogP contribution is 2.38. The molecule has 148 valence electrons. The molecule has 1 aliphatic heterocycles. The Hall–Kier alpha value is -2.17. The van der Waals surface area contributed by atoms with E-state index in [9.17, 15) is 8.42 Å². The van der Waals surface area contributed by atoms with Gasteiger partial charge in [-0.15, -0.1) is 10.2 Å². The number of rotatable bonds is 7. The summed E-state index contributed by atoms with van der Waals surface area (Å²) in [5.74, 6) is 1.22. The molecule has 1 aliphatic rings. The molecule has 1 aromatic carbocycles. The van der Waals surface area contributed by atoms with Gasteiger partial charge in [0.1, 0.15) is 16.4 Å². The standard InChI is InChI=1S/C17H23N3O6S/c1-11-18-19-17(26-11)14-9-20(8-12(14)10-23-2)27(21,22)16-7-13(24-3)5-6-15(16)25-4/h5-7,12,14H,8-10H2,1-4H3/t12-,14+/m0/s1. The summed E-state index contributed by atoms with van der Waals surface area (Å²) >= 11 is 0. The van der Waals surface area contributed by atoms with Gasteiger partial charge in [-0.2, -0.15) is 4.31 Å². The van der Waals surface area contributed by atoms with Crippen LogP contribution in [0.15, 0.2) is 27.5 Å². The summed E-state index contributed by atoms with van der Waals surface area (Å²) in [4.78, 5) is 0.0582. The maximum absolute atomic E-state index is 13.3. The Kier molecular flexibility index (Phi) is 5.68. The maximum atomic E-state index is 13.3. The lowest BCUT2D eigenvalue weighted by molar-refractivity contribution is 0.146. The molecule has 2 heterocycles. The summed E-state index contributed by atoms with van der Waals surface area (Å²) < 4.78 is 49.2. The van der Waals surface area contributed by atoms with Gasteiger partial charge in [0, 0.05) is 39.1 Å². The minimum atomic E-state index is -3.82. The molecular weight excluding hydrogens is 374 g/mol. The van der Waals surface area contributed by atoms with Gasteiger partial charge in [-0.05, 0) is 12.1 Å². The molecule has 9 nitrogen and oxygen atoms in total. The lowest BCUT2D eigenvalue weighted by Gasteiger charge is -2.18. The van der Waals surface area contributed by atoms with Gasteiger partial charge >= 0.3 is 0 Å². The number of ether oxygens (including phenoxy) is 3. The molecule has 0 amide bonds. The fourth-order valence-corrected chi connectivity index (χ4v) is 4.97. The average molecular weight is 397 g/mol. The smallest absolute Gasteiger partial charge is 0.246 e. The second kappa shape index (κ2) is 7.83. The van der Waals surface area contributed by atoms with Crippen LogP contribution >= 0.6 is 0 Å². The highest BCUT2D eigenvalue weighted by Gasteiger charge is 2.43. The van der Waals surface area contributed by atoms with E-state index in [1.54, 1.807) is 26.2 Å². The molecule has 0 unspecified atom stereocenters. The molecular formula is C17H23N3O6S. The fourth-order valence-electron chi connectivity index (χ4n) is 3.28. The first-order valence-electron chi connectivity index (χ1n) is 8.41. The summed E-state index contributed by atoms with van der Waals surface area (Å²) in [6.45, 7) is 2.58. The highest BCUT2D eigenvalue weighted by atomic mass is 32.2. The van der Waals surface area contributed by atoms with Gasteiger partial charge in [0.15, 0.2) is 0 Å². The number of benzene rings is 1. The second-order valence-electron chi connectivity index (χ2n) is 6.32. The molecule has 0 saturated carbocycles. The van der Waals surface area contributed by atoms with Crippen LogP contribution in [0.3, 0.4) is 0 Å². The van der Waals surface area contributed by atoms with E-state index in [4.69, 9.17) is 18.6 Å². The molecule has 0 N–H and O–H groups in total. The molecule has 0 spiro atoms. The fraction of sp³-hybridized carbons (Fsp3) is 0.529. The van der Waals surface area contributed by atoms with Crippen LogP contribution in [0.1, 0.15) is 17.7 Å². The molecule has 1 saturated heterocycles. The summed E-state index contributed by atoms with van der Waals surface area (Å²) in [5, 5.41) is 7.93. The molecule has 1 aromatic heterocycles. The van der Waals surface area contributed by atoms with Gasteiger partial charge in [-0.25, -0.2) is 8.42 Å². The van der Waals surface area contributed by atoms with Gasteiger partial charge in [0.05, 0.1) is 26.7 Å². The third-order valence-corrected chi connectivity index (χ3v) is 6.49. The molecule has 0 bridgehead atoms. The van der Waals surface area contributed by atoms with Crippen LogP contribution in [0.25, 0.3) is 0 Å². The number of aryl methyl sites for hydroxylation is 1. The molecule has 3 rings (SSSR count). The Balaban J connectivity index is 1.95. The van der Waals surface area contributed by atoms with Crippen molar-refractivity contribution >= 4 is 10.0 Å². The molecule has 2 aromatic rings. The Morgan fingerprint density at radius 2 is 1.96 bits per heavy atom. The van der Waals surface area contributed by atoms with Crippen molar-refractivity contribution in [1.82, 2.24) is 14.5 Å². The normalized spacial score (nSPS) is 20.7. The van der Waals surface area contributed by atoms with Crippen molar-refractivity contribution < 1.29 is 27.0 Å². The maximum Gasteiger partial charge on any atom is 0.246 e. The lowest BCUT2D eigenvalue weighted by atomic mass is 9.97. The molecule has 10 heteroatoms. The van der Waals surface area contributed by atoms with Crippen molar-refractivity contribution in [3.05, 3.63) is 30.0 Å². The summed E-state index contributed by atoms with van der Waals surface area (Å²) in [6, 6.07) is 4.69. The third-order valence-electron chi connectivity index (χ3n) is 4.64. The first kappa shape index (κ1) is 19.6. The topological polar surface area (TPSA) is 104 Å². The quantitative estimate of drug-likeness (QED) is 0.691. The van der Waals surface area contributed by atoms with E-state index in [0.29, 0.717) is 24.1 Å². The van der Waals surface area contributed by atoms with Crippen molar-refractivity contribution in [3.8, 4) is 11.5 Å². The van der Waals surface area contributed by atoms with Crippen LogP contribution in [-0.2, 0) is 14.8 Å². The van der Waals surface area contributed by atoms with Crippen molar-refractivity contribution in [3.63, 3.8) is 0 Å². The van der Waals surface area contributed by atoms with Crippen LogP contribution in [0.4, 0.5) is 0 Å². The van der Waals surface area contributed by atoms with Crippen molar-refractivity contribution in [2.24, 2.45) is 5.92 Å². The van der Waals surface area contributed by atoms with Gasteiger partial charge in [-0.3, -0.25) is 0 Å². The lowest BCUT2D eigenvalue weighted by Crippen LogP contribution is -2.30. The van der Waals surface area contributed by atoms with Crippen LogP contribution in [0, 0.1) is 12.8 Å². The summed E-state index contributed by atoms with van der Waals surface area (Å²) in [6.07, 6.45) is 0. The van der Waals surface area contributed by atoms with Crippen molar-refractivity contribution in [1.29, 1.82) is 0 Å². The van der Waals surface area contributed by atoms with E-state index in [-0.39, 0.29) is 35.6 Å². The van der Waals surface area contributed by atoms with Crippen LogP contribution in [0.2, 0.25) is 0 Å². The van der Waals surface area contributed by atoms with Crippen LogP contribution in [-0.4, -0.2) is 63.9 Å². The predicted octanol–water partition coefficient (Wildman–Crippen LogP) is 1.45. The van der Waals surface area contributed by atoms with Crippen molar-refractivity contribution in [2.45, 2.75) is 17.7 Å². The predicted molar refractivity (Wildman–Crippen MR) is 95.4 cm³/mol. The number of nitrogens with zero attached hydrogens (tertiary/aromatic N) is 3. The number of hydrogen-bond acceptors (Lipinski definition) is 8. The zero-order chi connectivity index (χ0) is 19.6. The zero-order valence-electron chi connectivity index (χ0n) is 15.7. The van der Waals surface area contributed by atoms with Gasteiger partial charge in [-0.1, -0.05) is 0 Å². The van der Waals surface area contributed by atoms with Crippen LogP contribution < -0.4 is 9.47 Å². The van der Waals surface area contributed by atoms with E-state index >= 15 is 0 Å². The van der Waals surface area contributed by atoms with Crippen LogP contribution in [0.5, 0.6) is 11.5 Å². The first-order valence-corrected chi connectivity index (χ1v) is 9.85. The Morgan fingerprint density at radius 3 is 2.56 bits per heavy atom. The largest absolute Gasteiger partial charge is 0.497 e. The third kappa shape index (κ3) is 3.78. The number of aromatic nitrogens is 2. The first-order chi connectivity index (χ1) is 12.9. The number of sulfonamides is 1. The zero-order valence-corrected chi connectivity index (χ0v) is 16.5. The number of hydrogen-bond donors (Lipinski definition) is 0. The molecule has 0 aliphatic carbocycles. The van der Waals surface area contributed by atoms with E-state index in [1.807, 2.05) is 0 Å². The van der Waals surface area contributed by atoms with E-state index in [2.05, 4.69) is 10.2 Å². The van der Waals surface area contributed by atoms with E-state index in [1.165, 1.54) is 24.6 Å². The molecule has 0 radical (unpaired) electrons. The molecule has 1 fully saturated rings. The highest BCUT2D eigenvalue weighted by molar-refractivity contribution is 7.89. The monoisotopic (exact) mass is 397 g/mol. The van der Waals surface area contributed by atoms with Gasteiger partial charge < -0.3 is 18.6 Å². The SMILES string of the molecule is COC[C@@H]1CN(S(=O)(=O)c2cc(OC)ccc2OC)C[C@H]1c1nnc(C)o1. The molecule has 2 atom stereocenters.